The van der Waals surface area contributed by atoms with Gasteiger partial charge in [-0.15, -0.1) is 5.10 Å². The summed E-state index contributed by atoms with van der Waals surface area (Å²) in [5, 5.41) is 5.74. The van der Waals surface area contributed by atoms with Crippen LogP contribution in [0.2, 0.25) is 0 Å². The average Bonchev–Trinajstić information content (AvgIpc) is 3.20. The van der Waals surface area contributed by atoms with Gasteiger partial charge in [-0.25, -0.2) is 4.98 Å². The summed E-state index contributed by atoms with van der Waals surface area (Å²) < 4.78 is 14.6. The number of aromatic nitrogens is 5. The number of nitrogens with zero attached hydrogens (tertiary/aromatic N) is 5. The summed E-state index contributed by atoms with van der Waals surface area (Å²) in [6.45, 7) is 3.96. The van der Waals surface area contributed by atoms with Gasteiger partial charge in [-0.2, -0.15) is 9.50 Å². The number of pyridine rings is 1. The van der Waals surface area contributed by atoms with Crippen molar-refractivity contribution in [1.82, 2.24) is 24.1 Å². The van der Waals surface area contributed by atoms with Crippen LogP contribution in [0.25, 0.3) is 16.7 Å². The molecule has 0 radical (unpaired) electrons. The number of fused-ring (bicyclic) bond motifs is 4. The molecular formula is C21H21N5O3S. The molecule has 0 saturated heterocycles. The fourth-order valence-corrected chi connectivity index (χ4v) is 4.19. The van der Waals surface area contributed by atoms with Crippen molar-refractivity contribution >= 4 is 28.4 Å². The lowest BCUT2D eigenvalue weighted by Crippen LogP contribution is -2.20. The van der Waals surface area contributed by atoms with E-state index in [2.05, 4.69) is 22.0 Å². The highest BCUT2D eigenvalue weighted by Crippen LogP contribution is 2.32. The molecule has 0 spiro atoms. The average molecular weight is 423 g/mol. The van der Waals surface area contributed by atoms with E-state index in [9.17, 15) is 4.79 Å². The van der Waals surface area contributed by atoms with Gasteiger partial charge in [0.2, 0.25) is 5.16 Å². The van der Waals surface area contributed by atoms with Crippen LogP contribution in [0.3, 0.4) is 0 Å². The Hall–Kier alpha value is -3.07. The van der Waals surface area contributed by atoms with E-state index in [-0.39, 0.29) is 5.56 Å². The Kier molecular flexibility index (Phi) is 5.04. The Bertz CT molecular complexity index is 1280. The summed E-state index contributed by atoms with van der Waals surface area (Å²) in [6, 6.07) is 7.84. The van der Waals surface area contributed by atoms with Crippen LogP contribution >= 0.6 is 11.8 Å². The third kappa shape index (κ3) is 3.49. The molecule has 3 aromatic heterocycles. The molecule has 1 aliphatic rings. The number of aryl methyl sites for hydroxylation is 1. The summed E-state index contributed by atoms with van der Waals surface area (Å²) in [5.41, 5.74) is 1.77. The Morgan fingerprint density at radius 3 is 2.90 bits per heavy atom. The first-order chi connectivity index (χ1) is 14.7. The van der Waals surface area contributed by atoms with Crippen LogP contribution in [-0.2, 0) is 12.3 Å². The van der Waals surface area contributed by atoms with Gasteiger partial charge < -0.3 is 14.0 Å². The van der Waals surface area contributed by atoms with Gasteiger partial charge in [-0.05, 0) is 30.2 Å². The standard InChI is InChI=1S/C21H21N5O3S/c1-2-3-7-25-8-6-16-15(19(25)27)12-22-20-23-21(24-26(16)20)30-13-14-4-5-17-18(11-14)29-10-9-28-17/h4-6,8,11-12H,2-3,7,9-10,13H2,1H3. The van der Waals surface area contributed by atoms with Crippen molar-refractivity contribution < 1.29 is 9.47 Å². The van der Waals surface area contributed by atoms with E-state index in [1.54, 1.807) is 15.3 Å². The molecular weight excluding hydrogens is 402 g/mol. The van der Waals surface area contributed by atoms with Gasteiger partial charge in [0.05, 0.1) is 10.9 Å². The summed E-state index contributed by atoms with van der Waals surface area (Å²) >= 11 is 1.51. The van der Waals surface area contributed by atoms with Crippen LogP contribution in [0.15, 0.2) is 46.6 Å². The minimum atomic E-state index is -0.0451. The van der Waals surface area contributed by atoms with Crippen molar-refractivity contribution in [2.45, 2.75) is 37.2 Å². The molecule has 154 valence electrons. The number of hydrogen-bond donors (Lipinski definition) is 0. The van der Waals surface area contributed by atoms with E-state index in [0.29, 0.717) is 41.8 Å². The zero-order valence-electron chi connectivity index (χ0n) is 16.6. The molecule has 0 atom stereocenters. The molecule has 30 heavy (non-hydrogen) atoms. The maximum absolute atomic E-state index is 12.7. The maximum atomic E-state index is 12.7. The van der Waals surface area contributed by atoms with Crippen LogP contribution in [0.4, 0.5) is 0 Å². The lowest BCUT2D eigenvalue weighted by molar-refractivity contribution is 0.171. The monoisotopic (exact) mass is 423 g/mol. The zero-order valence-corrected chi connectivity index (χ0v) is 17.4. The molecule has 4 aromatic rings. The van der Waals surface area contributed by atoms with Crippen molar-refractivity contribution in [1.29, 1.82) is 0 Å². The highest BCUT2D eigenvalue weighted by molar-refractivity contribution is 7.98. The number of thioether (sulfide) groups is 1. The van der Waals surface area contributed by atoms with Crippen LogP contribution in [-0.4, -0.2) is 37.4 Å². The molecule has 0 unspecified atom stereocenters. The van der Waals surface area contributed by atoms with Gasteiger partial charge in [-0.1, -0.05) is 31.2 Å². The maximum Gasteiger partial charge on any atom is 0.261 e. The zero-order chi connectivity index (χ0) is 20.5. The number of hydrogen-bond acceptors (Lipinski definition) is 7. The van der Waals surface area contributed by atoms with Crippen molar-refractivity contribution in [2.75, 3.05) is 13.2 Å². The fourth-order valence-electron chi connectivity index (χ4n) is 3.43. The van der Waals surface area contributed by atoms with Gasteiger partial charge >= 0.3 is 0 Å². The molecule has 9 heteroatoms. The number of unbranched alkanes of at least 4 members (excludes halogenated alkanes) is 1. The first kappa shape index (κ1) is 18.9. The van der Waals surface area contributed by atoms with E-state index in [1.165, 1.54) is 11.8 Å². The van der Waals surface area contributed by atoms with E-state index >= 15 is 0 Å². The molecule has 0 saturated carbocycles. The smallest absolute Gasteiger partial charge is 0.261 e. The van der Waals surface area contributed by atoms with E-state index in [0.717, 1.165) is 35.4 Å². The van der Waals surface area contributed by atoms with Gasteiger partial charge in [0.25, 0.3) is 11.3 Å². The summed E-state index contributed by atoms with van der Waals surface area (Å²) in [4.78, 5) is 21.6. The second-order valence-electron chi connectivity index (χ2n) is 7.10. The Balaban J connectivity index is 1.41. The van der Waals surface area contributed by atoms with Crippen molar-refractivity contribution in [2.24, 2.45) is 0 Å². The van der Waals surface area contributed by atoms with Gasteiger partial charge in [0, 0.05) is 24.7 Å². The first-order valence-electron chi connectivity index (χ1n) is 9.99. The Morgan fingerprint density at radius 1 is 1.17 bits per heavy atom. The normalized spacial score (nSPS) is 13.2. The van der Waals surface area contributed by atoms with Gasteiger partial charge in [0.1, 0.15) is 13.2 Å². The molecule has 4 heterocycles. The third-order valence-electron chi connectivity index (χ3n) is 5.01. The van der Waals surface area contributed by atoms with Crippen LogP contribution in [0, 0.1) is 0 Å². The molecule has 0 bridgehead atoms. The lowest BCUT2D eigenvalue weighted by atomic mass is 10.2. The Morgan fingerprint density at radius 2 is 2.03 bits per heavy atom. The summed E-state index contributed by atoms with van der Waals surface area (Å²) in [5.74, 6) is 2.73. The van der Waals surface area contributed by atoms with Gasteiger partial charge in [-0.3, -0.25) is 4.79 Å². The van der Waals surface area contributed by atoms with Crippen molar-refractivity contribution in [3.05, 3.63) is 52.6 Å². The van der Waals surface area contributed by atoms with Crippen molar-refractivity contribution in [3.63, 3.8) is 0 Å². The number of ether oxygens (including phenoxy) is 2. The summed E-state index contributed by atoms with van der Waals surface area (Å²) in [7, 11) is 0. The minimum absolute atomic E-state index is 0.0451. The number of benzene rings is 1. The topological polar surface area (TPSA) is 83.5 Å². The predicted octanol–water partition coefficient (Wildman–Crippen LogP) is 3.30. The SMILES string of the molecule is CCCCn1ccc2c(cnc3nc(SCc4ccc5c(c4)OCCO5)nn32)c1=O. The molecule has 0 fully saturated rings. The third-order valence-corrected chi connectivity index (χ3v) is 5.92. The highest BCUT2D eigenvalue weighted by atomic mass is 32.2. The molecule has 1 aliphatic heterocycles. The largest absolute Gasteiger partial charge is 0.486 e. The molecule has 8 nitrogen and oxygen atoms in total. The van der Waals surface area contributed by atoms with E-state index in [4.69, 9.17) is 9.47 Å². The van der Waals surface area contributed by atoms with Crippen LogP contribution in [0.1, 0.15) is 25.3 Å². The van der Waals surface area contributed by atoms with Crippen molar-refractivity contribution in [3.8, 4) is 11.5 Å². The Labute approximate surface area is 176 Å². The molecule has 0 aliphatic carbocycles. The molecule has 1 aromatic carbocycles. The quantitative estimate of drug-likeness (QED) is 0.440. The first-order valence-corrected chi connectivity index (χ1v) is 11.0. The second kappa shape index (κ2) is 7.98. The second-order valence-corrected chi connectivity index (χ2v) is 8.04. The fraction of sp³-hybridized carbons (Fsp3) is 0.333. The molecule has 5 rings (SSSR count). The molecule has 0 N–H and O–H groups in total. The predicted molar refractivity (Wildman–Crippen MR) is 114 cm³/mol. The minimum Gasteiger partial charge on any atom is -0.486 e. The highest BCUT2D eigenvalue weighted by Gasteiger charge is 2.14. The van der Waals surface area contributed by atoms with E-state index < -0.39 is 0 Å². The van der Waals surface area contributed by atoms with Crippen LogP contribution < -0.4 is 15.0 Å². The van der Waals surface area contributed by atoms with Crippen LogP contribution in [0.5, 0.6) is 11.5 Å². The lowest BCUT2D eigenvalue weighted by Gasteiger charge is -2.18. The summed E-state index contributed by atoms with van der Waals surface area (Å²) in [6.07, 6.45) is 5.42. The molecule has 0 amide bonds. The van der Waals surface area contributed by atoms with E-state index in [1.807, 2.05) is 30.5 Å². The number of rotatable bonds is 6. The van der Waals surface area contributed by atoms with Gasteiger partial charge in [0.15, 0.2) is 11.5 Å².